The number of benzene rings is 2. The maximum Gasteiger partial charge on any atom is 0.258 e. The molecule has 12 heteroatoms. The van der Waals surface area contributed by atoms with Gasteiger partial charge in [0.1, 0.15) is 12.1 Å². The summed E-state index contributed by atoms with van der Waals surface area (Å²) in [6.45, 7) is 0.0177. The van der Waals surface area contributed by atoms with E-state index in [0.29, 0.717) is 34.1 Å². The largest absolute Gasteiger partial charge is 0.318 e. The summed E-state index contributed by atoms with van der Waals surface area (Å²) in [6.07, 6.45) is 9.50. The zero-order valence-electron chi connectivity index (χ0n) is 24.6. The number of sulfonamides is 1. The lowest BCUT2D eigenvalue weighted by atomic mass is 9.85. The fourth-order valence-corrected chi connectivity index (χ4v) is 7.84. The van der Waals surface area contributed by atoms with Crippen molar-refractivity contribution in [3.8, 4) is 6.07 Å². The van der Waals surface area contributed by atoms with Crippen LogP contribution in [0.1, 0.15) is 61.3 Å². The summed E-state index contributed by atoms with van der Waals surface area (Å²) < 4.78 is 57.6. The monoisotopic (exact) mass is 631 g/mol. The fraction of sp³-hybridized carbons (Fsp3) is 0.333. The minimum Gasteiger partial charge on any atom is -0.318 e. The molecule has 6 rings (SSSR count). The van der Waals surface area contributed by atoms with Crippen LogP contribution in [0.3, 0.4) is 0 Å². The number of halogens is 2. The molecule has 2 aromatic carbocycles. The van der Waals surface area contributed by atoms with Gasteiger partial charge in [0.2, 0.25) is 15.9 Å². The van der Waals surface area contributed by atoms with Crippen molar-refractivity contribution in [3.05, 3.63) is 99.7 Å². The van der Waals surface area contributed by atoms with E-state index in [0.717, 1.165) is 28.8 Å². The summed E-state index contributed by atoms with van der Waals surface area (Å²) in [5.74, 6) is -2.99. The van der Waals surface area contributed by atoms with E-state index in [1.165, 1.54) is 34.8 Å². The van der Waals surface area contributed by atoms with E-state index in [4.69, 9.17) is 5.26 Å². The SMILES string of the molecule is Cn1ccc2cc(N(Cc3ccc(C4CCCCC4)cn3)C(=O)[C@H]3CCN3S(=O)(=O)c3cc(F)c(F)c(C#N)c3)ccc2c1=O. The highest BCUT2D eigenvalue weighted by Gasteiger charge is 2.45. The number of rotatable bonds is 7. The molecule has 2 aliphatic rings. The van der Waals surface area contributed by atoms with Crippen LogP contribution in [0, 0.1) is 23.0 Å². The van der Waals surface area contributed by atoms with Gasteiger partial charge in [-0.05, 0) is 78.6 Å². The molecule has 1 atom stereocenters. The average molecular weight is 632 g/mol. The normalized spacial score (nSPS) is 17.5. The second-order valence-corrected chi connectivity index (χ2v) is 13.5. The summed E-state index contributed by atoms with van der Waals surface area (Å²) in [7, 11) is -2.81. The molecule has 3 heterocycles. The summed E-state index contributed by atoms with van der Waals surface area (Å²) in [6, 6.07) is 12.3. The third-order valence-electron chi connectivity index (χ3n) is 8.87. The van der Waals surface area contributed by atoms with Gasteiger partial charge in [-0.25, -0.2) is 17.2 Å². The molecular formula is C33H31F2N5O4S. The van der Waals surface area contributed by atoms with Crippen molar-refractivity contribution < 1.29 is 22.0 Å². The Hall–Kier alpha value is -4.47. The molecule has 0 unspecified atom stereocenters. The first-order valence-corrected chi connectivity index (χ1v) is 16.3. The minimum atomic E-state index is -4.45. The van der Waals surface area contributed by atoms with Gasteiger partial charge in [0.15, 0.2) is 11.6 Å². The van der Waals surface area contributed by atoms with Crippen LogP contribution >= 0.6 is 0 Å². The van der Waals surface area contributed by atoms with Crippen LogP contribution < -0.4 is 10.5 Å². The van der Waals surface area contributed by atoms with Gasteiger partial charge in [-0.15, -0.1) is 0 Å². The van der Waals surface area contributed by atoms with Crippen molar-refractivity contribution in [3.63, 3.8) is 0 Å². The van der Waals surface area contributed by atoms with Gasteiger partial charge < -0.3 is 9.47 Å². The van der Waals surface area contributed by atoms with Crippen molar-refractivity contribution in [2.75, 3.05) is 11.4 Å². The van der Waals surface area contributed by atoms with Gasteiger partial charge >= 0.3 is 0 Å². The summed E-state index contributed by atoms with van der Waals surface area (Å²) in [5, 5.41) is 10.2. The fourth-order valence-electron chi connectivity index (χ4n) is 6.17. The number of nitrogens with zero attached hydrogens (tertiary/aromatic N) is 5. The number of aromatic nitrogens is 2. The van der Waals surface area contributed by atoms with Crippen LogP contribution in [0.25, 0.3) is 10.8 Å². The smallest absolute Gasteiger partial charge is 0.258 e. The second-order valence-electron chi connectivity index (χ2n) is 11.6. The van der Waals surface area contributed by atoms with E-state index in [1.54, 1.807) is 37.5 Å². The topological polar surface area (TPSA) is 116 Å². The maximum atomic E-state index is 14.2. The van der Waals surface area contributed by atoms with Crippen LogP contribution in [-0.4, -0.2) is 40.8 Å². The summed E-state index contributed by atoms with van der Waals surface area (Å²) in [4.78, 5) is 32.3. The highest BCUT2D eigenvalue weighted by Crippen LogP contribution is 2.34. The standard InChI is InChI=1S/C33H31F2N5O4S/c1-38-13-11-22-15-26(9-10-28(22)32(38)41)39(20-25-8-7-23(19-37-25)21-5-3-2-4-6-21)33(42)30-12-14-40(30)45(43,44)27-16-24(18-36)31(35)29(34)17-27/h7-11,13,15-17,19,21,30H,2-6,12,14,20H2,1H3/t30-/m1/s1. The Morgan fingerprint density at radius 3 is 2.51 bits per heavy atom. The molecule has 4 aromatic rings. The van der Waals surface area contributed by atoms with Crippen molar-refractivity contribution in [2.24, 2.45) is 7.05 Å². The molecular weight excluding hydrogens is 600 g/mol. The molecule has 0 N–H and O–H groups in total. The summed E-state index contributed by atoms with van der Waals surface area (Å²) in [5.41, 5.74) is 1.25. The zero-order valence-corrected chi connectivity index (χ0v) is 25.4. The number of nitriles is 1. The molecule has 1 saturated carbocycles. The predicted molar refractivity (Wildman–Crippen MR) is 164 cm³/mol. The number of hydrogen-bond donors (Lipinski definition) is 0. The highest BCUT2D eigenvalue weighted by molar-refractivity contribution is 7.89. The van der Waals surface area contributed by atoms with E-state index in [-0.39, 0.29) is 25.1 Å². The quantitative estimate of drug-likeness (QED) is 0.279. The van der Waals surface area contributed by atoms with Crippen LogP contribution in [-0.2, 0) is 28.4 Å². The van der Waals surface area contributed by atoms with Crippen molar-refractivity contribution >= 4 is 32.4 Å². The number of pyridine rings is 2. The molecule has 2 fully saturated rings. The van der Waals surface area contributed by atoms with Gasteiger partial charge in [0, 0.05) is 37.1 Å². The Balaban J connectivity index is 1.34. The molecule has 0 radical (unpaired) electrons. The van der Waals surface area contributed by atoms with Crippen LogP contribution in [0.2, 0.25) is 0 Å². The van der Waals surface area contributed by atoms with Crippen LogP contribution in [0.4, 0.5) is 14.5 Å². The number of amides is 1. The van der Waals surface area contributed by atoms with Gasteiger partial charge in [0.05, 0.1) is 22.7 Å². The number of fused-ring (bicyclic) bond motifs is 1. The van der Waals surface area contributed by atoms with Gasteiger partial charge in [-0.2, -0.15) is 9.57 Å². The molecule has 1 amide bonds. The minimum absolute atomic E-state index is 0.0183. The van der Waals surface area contributed by atoms with Gasteiger partial charge in [-0.3, -0.25) is 14.6 Å². The van der Waals surface area contributed by atoms with E-state index in [2.05, 4.69) is 4.98 Å². The Labute approximate surface area is 259 Å². The van der Waals surface area contributed by atoms with Crippen LogP contribution in [0.5, 0.6) is 0 Å². The summed E-state index contributed by atoms with van der Waals surface area (Å²) >= 11 is 0. The zero-order chi connectivity index (χ0) is 31.9. The number of aryl methyl sites for hydroxylation is 1. The van der Waals surface area contributed by atoms with E-state index in [9.17, 15) is 26.8 Å². The Kier molecular flexibility index (Phi) is 8.24. The highest BCUT2D eigenvalue weighted by atomic mass is 32.2. The molecule has 1 aliphatic carbocycles. The lowest BCUT2D eigenvalue weighted by Crippen LogP contribution is -2.59. The lowest BCUT2D eigenvalue weighted by molar-refractivity contribution is -0.125. The molecule has 2 aromatic heterocycles. The number of hydrogen-bond acceptors (Lipinski definition) is 6. The van der Waals surface area contributed by atoms with Gasteiger partial charge in [0.25, 0.3) is 5.56 Å². The first kappa shape index (κ1) is 30.6. The first-order chi connectivity index (χ1) is 21.6. The second kappa shape index (κ2) is 12.1. The van der Waals surface area contributed by atoms with E-state index >= 15 is 0 Å². The van der Waals surface area contributed by atoms with E-state index in [1.807, 2.05) is 18.3 Å². The molecule has 1 saturated heterocycles. The molecule has 232 valence electrons. The predicted octanol–water partition coefficient (Wildman–Crippen LogP) is 5.13. The number of anilines is 1. The van der Waals surface area contributed by atoms with Crippen molar-refractivity contribution in [1.82, 2.24) is 13.9 Å². The van der Waals surface area contributed by atoms with Crippen LogP contribution in [0.15, 0.2) is 70.6 Å². The average Bonchev–Trinajstić information content (AvgIpc) is 3.02. The van der Waals surface area contributed by atoms with Crippen molar-refractivity contribution in [1.29, 1.82) is 5.26 Å². The Bertz CT molecular complexity index is 2000. The first-order valence-electron chi connectivity index (χ1n) is 14.8. The molecule has 9 nitrogen and oxygen atoms in total. The van der Waals surface area contributed by atoms with Gasteiger partial charge in [-0.1, -0.05) is 25.3 Å². The maximum absolute atomic E-state index is 14.2. The van der Waals surface area contributed by atoms with E-state index < -0.39 is 44.1 Å². The Morgan fingerprint density at radius 1 is 1.07 bits per heavy atom. The third kappa shape index (κ3) is 5.74. The molecule has 0 spiro atoms. The molecule has 45 heavy (non-hydrogen) atoms. The third-order valence-corrected chi connectivity index (χ3v) is 10.8. The van der Waals surface area contributed by atoms with Crippen molar-refractivity contribution in [2.45, 2.75) is 61.9 Å². The Morgan fingerprint density at radius 2 is 1.84 bits per heavy atom. The molecule has 0 bridgehead atoms. The number of carbonyl (C=O) groups excluding carboxylic acids is 1. The molecule has 1 aliphatic heterocycles. The lowest BCUT2D eigenvalue weighted by Gasteiger charge is -2.41. The number of carbonyl (C=O) groups is 1.